The van der Waals surface area contributed by atoms with Gasteiger partial charge in [0.15, 0.2) is 5.82 Å². The Morgan fingerprint density at radius 2 is 1.95 bits per heavy atom. The second-order valence-corrected chi connectivity index (χ2v) is 6.48. The molecule has 0 saturated heterocycles. The van der Waals surface area contributed by atoms with Gasteiger partial charge in [0.25, 0.3) is 0 Å². The van der Waals surface area contributed by atoms with Gasteiger partial charge in [-0.2, -0.15) is 5.10 Å². The molecule has 20 heavy (non-hydrogen) atoms. The van der Waals surface area contributed by atoms with Crippen LogP contribution in [0.4, 0.5) is 5.82 Å². The molecule has 2 atom stereocenters. The van der Waals surface area contributed by atoms with Gasteiger partial charge in [0.05, 0.1) is 5.69 Å². The van der Waals surface area contributed by atoms with Crippen LogP contribution in [0.5, 0.6) is 0 Å². The van der Waals surface area contributed by atoms with Crippen LogP contribution in [0.15, 0.2) is 12.1 Å². The van der Waals surface area contributed by atoms with Crippen LogP contribution < -0.4 is 10.2 Å². The molecule has 4 heteroatoms. The smallest absolute Gasteiger partial charge is 0.151 e. The number of nitrogens with zero attached hydrogens (tertiary/aromatic N) is 3. The molecule has 0 amide bonds. The highest BCUT2D eigenvalue weighted by molar-refractivity contribution is 5.38. The van der Waals surface area contributed by atoms with Crippen LogP contribution in [0.3, 0.4) is 0 Å². The molecule has 110 valence electrons. The zero-order valence-electron chi connectivity index (χ0n) is 12.7. The summed E-state index contributed by atoms with van der Waals surface area (Å²) in [5.74, 6) is 1.77. The predicted octanol–water partition coefficient (Wildman–Crippen LogP) is 2.74. The summed E-state index contributed by atoms with van der Waals surface area (Å²) in [4.78, 5) is 2.33. The van der Waals surface area contributed by atoms with Gasteiger partial charge in [0.1, 0.15) is 0 Å². The molecule has 1 N–H and O–H groups in total. The van der Waals surface area contributed by atoms with E-state index in [2.05, 4.69) is 46.5 Å². The lowest BCUT2D eigenvalue weighted by Gasteiger charge is -2.36. The van der Waals surface area contributed by atoms with Gasteiger partial charge in [-0.15, -0.1) is 5.10 Å². The van der Waals surface area contributed by atoms with E-state index in [0.29, 0.717) is 6.04 Å². The minimum absolute atomic E-state index is 0.619. The van der Waals surface area contributed by atoms with Crippen molar-refractivity contribution >= 4 is 5.82 Å². The molecule has 0 spiro atoms. The molecule has 1 aromatic heterocycles. The fourth-order valence-corrected chi connectivity index (χ4v) is 3.21. The van der Waals surface area contributed by atoms with Gasteiger partial charge in [0, 0.05) is 25.7 Å². The van der Waals surface area contributed by atoms with Crippen molar-refractivity contribution in [2.45, 2.75) is 64.1 Å². The normalized spacial score (nSPS) is 26.5. The van der Waals surface area contributed by atoms with Crippen LogP contribution >= 0.6 is 0 Å². The third-order valence-corrected chi connectivity index (χ3v) is 4.78. The Balaban J connectivity index is 1.60. The highest BCUT2D eigenvalue weighted by atomic mass is 15.3. The van der Waals surface area contributed by atoms with E-state index in [0.717, 1.165) is 30.0 Å². The van der Waals surface area contributed by atoms with Gasteiger partial charge in [0.2, 0.25) is 0 Å². The minimum atomic E-state index is 0.619. The number of anilines is 1. The lowest BCUT2D eigenvalue weighted by molar-refractivity contribution is 0.320. The van der Waals surface area contributed by atoms with Crippen LogP contribution in [-0.2, 0) is 6.54 Å². The SMILES string of the molecule is CC1CCCCC1N(C)c1ccc(CNC2CC2)nn1. The van der Waals surface area contributed by atoms with Crippen LogP contribution in [0.25, 0.3) is 0 Å². The van der Waals surface area contributed by atoms with Gasteiger partial charge in [-0.3, -0.25) is 0 Å². The molecule has 0 radical (unpaired) electrons. The summed E-state index contributed by atoms with van der Waals surface area (Å²) >= 11 is 0. The van der Waals surface area contributed by atoms with Crippen LogP contribution in [0, 0.1) is 5.92 Å². The summed E-state index contributed by atoms with van der Waals surface area (Å²) in [6, 6.07) is 5.58. The largest absolute Gasteiger partial charge is 0.355 e. The Hall–Kier alpha value is -1.16. The Morgan fingerprint density at radius 3 is 2.60 bits per heavy atom. The molecule has 2 fully saturated rings. The van der Waals surface area contributed by atoms with Crippen LogP contribution in [0.1, 0.15) is 51.1 Å². The number of hydrogen-bond acceptors (Lipinski definition) is 4. The van der Waals surface area contributed by atoms with E-state index < -0.39 is 0 Å². The van der Waals surface area contributed by atoms with E-state index in [1.165, 1.54) is 38.5 Å². The highest BCUT2D eigenvalue weighted by Gasteiger charge is 2.26. The second kappa shape index (κ2) is 6.08. The fraction of sp³-hybridized carbons (Fsp3) is 0.750. The van der Waals surface area contributed by atoms with Crippen molar-refractivity contribution in [3.63, 3.8) is 0 Å². The Kier molecular flexibility index (Phi) is 4.20. The second-order valence-electron chi connectivity index (χ2n) is 6.48. The first-order valence-electron chi connectivity index (χ1n) is 8.03. The van der Waals surface area contributed by atoms with Crippen molar-refractivity contribution < 1.29 is 0 Å². The molecule has 2 aliphatic rings. The first kappa shape index (κ1) is 13.8. The molecule has 0 aliphatic heterocycles. The van der Waals surface area contributed by atoms with Crippen molar-refractivity contribution in [1.82, 2.24) is 15.5 Å². The maximum Gasteiger partial charge on any atom is 0.151 e. The molecule has 1 heterocycles. The number of rotatable bonds is 5. The molecule has 3 rings (SSSR count). The maximum atomic E-state index is 4.42. The van der Waals surface area contributed by atoms with Gasteiger partial charge in [-0.1, -0.05) is 19.8 Å². The highest BCUT2D eigenvalue weighted by Crippen LogP contribution is 2.29. The number of aromatic nitrogens is 2. The molecular formula is C16H26N4. The molecule has 0 bridgehead atoms. The standard InChI is InChI=1S/C16H26N4/c1-12-5-3-4-6-15(12)20(2)16-10-9-14(18-19-16)11-17-13-7-8-13/h9-10,12-13,15,17H,3-8,11H2,1-2H3. The summed E-state index contributed by atoms with van der Waals surface area (Å²) < 4.78 is 0. The molecule has 2 aliphatic carbocycles. The van der Waals surface area contributed by atoms with E-state index in [4.69, 9.17) is 0 Å². The summed E-state index contributed by atoms with van der Waals surface area (Å²) in [6.07, 6.45) is 7.97. The van der Waals surface area contributed by atoms with E-state index in [9.17, 15) is 0 Å². The zero-order chi connectivity index (χ0) is 13.9. The van der Waals surface area contributed by atoms with E-state index >= 15 is 0 Å². The van der Waals surface area contributed by atoms with Crippen molar-refractivity contribution in [2.24, 2.45) is 5.92 Å². The van der Waals surface area contributed by atoms with Gasteiger partial charge in [-0.25, -0.2) is 0 Å². The van der Waals surface area contributed by atoms with Crippen molar-refractivity contribution in [3.05, 3.63) is 17.8 Å². The maximum absolute atomic E-state index is 4.42. The Bertz CT molecular complexity index is 427. The Morgan fingerprint density at radius 1 is 1.15 bits per heavy atom. The molecule has 2 unspecified atom stereocenters. The molecule has 1 aromatic rings. The van der Waals surface area contributed by atoms with Crippen molar-refractivity contribution in [2.75, 3.05) is 11.9 Å². The molecule has 4 nitrogen and oxygen atoms in total. The quantitative estimate of drug-likeness (QED) is 0.896. The predicted molar refractivity (Wildman–Crippen MR) is 81.7 cm³/mol. The fourth-order valence-electron chi connectivity index (χ4n) is 3.21. The molecule has 2 saturated carbocycles. The average Bonchev–Trinajstić information content (AvgIpc) is 3.30. The topological polar surface area (TPSA) is 41.0 Å². The summed E-state index contributed by atoms with van der Waals surface area (Å²) in [7, 11) is 2.17. The lowest BCUT2D eigenvalue weighted by Crippen LogP contribution is -2.39. The third-order valence-electron chi connectivity index (χ3n) is 4.78. The lowest BCUT2D eigenvalue weighted by atomic mass is 9.85. The molecular weight excluding hydrogens is 248 g/mol. The number of hydrogen-bond donors (Lipinski definition) is 1. The number of nitrogens with one attached hydrogen (secondary N) is 1. The van der Waals surface area contributed by atoms with Crippen molar-refractivity contribution in [1.29, 1.82) is 0 Å². The van der Waals surface area contributed by atoms with E-state index in [1.807, 2.05) is 0 Å². The van der Waals surface area contributed by atoms with Gasteiger partial charge < -0.3 is 10.2 Å². The molecule has 0 aromatic carbocycles. The average molecular weight is 274 g/mol. The first-order chi connectivity index (χ1) is 9.74. The third kappa shape index (κ3) is 3.29. The zero-order valence-corrected chi connectivity index (χ0v) is 12.7. The van der Waals surface area contributed by atoms with E-state index in [1.54, 1.807) is 0 Å². The van der Waals surface area contributed by atoms with Gasteiger partial charge >= 0.3 is 0 Å². The summed E-state index contributed by atoms with van der Waals surface area (Å²) in [5.41, 5.74) is 1.05. The summed E-state index contributed by atoms with van der Waals surface area (Å²) in [6.45, 7) is 3.21. The Labute approximate surface area is 122 Å². The monoisotopic (exact) mass is 274 g/mol. The van der Waals surface area contributed by atoms with E-state index in [-0.39, 0.29) is 0 Å². The van der Waals surface area contributed by atoms with Crippen LogP contribution in [0.2, 0.25) is 0 Å². The minimum Gasteiger partial charge on any atom is -0.355 e. The van der Waals surface area contributed by atoms with Crippen LogP contribution in [-0.4, -0.2) is 29.3 Å². The van der Waals surface area contributed by atoms with Gasteiger partial charge in [-0.05, 0) is 43.7 Å². The summed E-state index contributed by atoms with van der Waals surface area (Å²) in [5, 5.41) is 12.3. The first-order valence-corrected chi connectivity index (χ1v) is 8.03. The van der Waals surface area contributed by atoms with Crippen molar-refractivity contribution in [3.8, 4) is 0 Å².